The number of nitrogens with two attached hydrogens (primary N) is 1. The molecule has 0 radical (unpaired) electrons. The summed E-state index contributed by atoms with van der Waals surface area (Å²) < 4.78 is 3.45. The minimum atomic E-state index is -0.386. The zero-order valence-electron chi connectivity index (χ0n) is 11.2. The third-order valence-electron chi connectivity index (χ3n) is 3.37. The lowest BCUT2D eigenvalue weighted by atomic mass is 10.2. The molecule has 0 atom stereocenters. The SMILES string of the molecule is Cn1c(=O)n(C(=O)c2ccc(Br)cc2)c2cc(N)ccc21. The highest BCUT2D eigenvalue weighted by Crippen LogP contribution is 2.18. The topological polar surface area (TPSA) is 70.0 Å². The van der Waals surface area contributed by atoms with Crippen molar-refractivity contribution in [1.82, 2.24) is 9.13 Å². The molecule has 0 spiro atoms. The van der Waals surface area contributed by atoms with Crippen molar-refractivity contribution >= 4 is 38.6 Å². The number of nitrogens with zero attached hydrogens (tertiary/aromatic N) is 2. The average molecular weight is 346 g/mol. The molecule has 21 heavy (non-hydrogen) atoms. The Bertz CT molecular complexity index is 907. The standard InChI is InChI=1S/C15H12BrN3O2/c1-18-12-7-6-11(17)8-13(12)19(15(18)21)14(20)9-2-4-10(16)5-3-9/h2-8H,17H2,1H3. The first-order chi connectivity index (χ1) is 9.99. The maximum absolute atomic E-state index is 12.6. The molecule has 6 heteroatoms. The van der Waals surface area contributed by atoms with E-state index >= 15 is 0 Å². The van der Waals surface area contributed by atoms with Gasteiger partial charge in [-0.15, -0.1) is 0 Å². The largest absolute Gasteiger partial charge is 0.399 e. The molecule has 0 saturated heterocycles. The van der Waals surface area contributed by atoms with Gasteiger partial charge in [-0.25, -0.2) is 9.36 Å². The lowest BCUT2D eigenvalue weighted by Crippen LogP contribution is -2.28. The summed E-state index contributed by atoms with van der Waals surface area (Å²) in [5, 5.41) is 0. The Balaban J connectivity index is 2.27. The van der Waals surface area contributed by atoms with Crippen molar-refractivity contribution in [3.63, 3.8) is 0 Å². The Morgan fingerprint density at radius 3 is 2.43 bits per heavy atom. The van der Waals surface area contributed by atoms with Gasteiger partial charge >= 0.3 is 5.69 Å². The predicted molar refractivity (Wildman–Crippen MR) is 85.5 cm³/mol. The van der Waals surface area contributed by atoms with E-state index < -0.39 is 0 Å². The lowest BCUT2D eigenvalue weighted by molar-refractivity contribution is 0.0960. The number of fused-ring (bicyclic) bond motifs is 1. The highest BCUT2D eigenvalue weighted by molar-refractivity contribution is 9.10. The van der Waals surface area contributed by atoms with Gasteiger partial charge in [-0.2, -0.15) is 0 Å². The fraction of sp³-hybridized carbons (Fsp3) is 0.0667. The molecule has 0 fully saturated rings. The van der Waals surface area contributed by atoms with Crippen LogP contribution in [0.15, 0.2) is 51.7 Å². The number of hydrogen-bond acceptors (Lipinski definition) is 3. The number of rotatable bonds is 1. The van der Waals surface area contributed by atoms with Gasteiger partial charge in [0.15, 0.2) is 0 Å². The predicted octanol–water partition coefficient (Wildman–Crippen LogP) is 2.37. The summed E-state index contributed by atoms with van der Waals surface area (Å²) in [5.41, 5.74) is 7.50. The number of imidazole rings is 1. The quantitative estimate of drug-likeness (QED) is 0.688. The van der Waals surface area contributed by atoms with Crippen LogP contribution >= 0.6 is 15.9 Å². The molecular formula is C15H12BrN3O2. The highest BCUT2D eigenvalue weighted by atomic mass is 79.9. The summed E-state index contributed by atoms with van der Waals surface area (Å²) >= 11 is 3.32. The Hall–Kier alpha value is -2.34. The van der Waals surface area contributed by atoms with Gasteiger partial charge in [0.1, 0.15) is 0 Å². The molecule has 1 heterocycles. The van der Waals surface area contributed by atoms with E-state index in [0.29, 0.717) is 22.3 Å². The molecule has 0 aliphatic rings. The normalized spacial score (nSPS) is 11.0. The molecule has 3 rings (SSSR count). The van der Waals surface area contributed by atoms with Crippen molar-refractivity contribution in [2.75, 3.05) is 5.73 Å². The molecule has 3 aromatic rings. The molecule has 0 amide bonds. The fourth-order valence-electron chi connectivity index (χ4n) is 2.28. The second-order valence-electron chi connectivity index (χ2n) is 4.74. The molecule has 0 aliphatic heterocycles. The number of hydrogen-bond donors (Lipinski definition) is 1. The van der Waals surface area contributed by atoms with Crippen LogP contribution < -0.4 is 11.4 Å². The first kappa shape index (κ1) is 13.6. The second-order valence-corrected chi connectivity index (χ2v) is 5.65. The minimum Gasteiger partial charge on any atom is -0.399 e. The van der Waals surface area contributed by atoms with Crippen LogP contribution in [-0.2, 0) is 7.05 Å². The molecule has 5 nitrogen and oxygen atoms in total. The Morgan fingerprint density at radius 1 is 1.10 bits per heavy atom. The van der Waals surface area contributed by atoms with Gasteiger partial charge in [0.05, 0.1) is 11.0 Å². The van der Waals surface area contributed by atoms with Gasteiger partial charge in [0, 0.05) is 22.8 Å². The van der Waals surface area contributed by atoms with Gasteiger partial charge < -0.3 is 5.73 Å². The van der Waals surface area contributed by atoms with Gasteiger partial charge in [-0.3, -0.25) is 9.36 Å². The second kappa shape index (κ2) is 4.89. The minimum absolute atomic E-state index is 0.372. The zero-order chi connectivity index (χ0) is 15.1. The van der Waals surface area contributed by atoms with Crippen molar-refractivity contribution in [1.29, 1.82) is 0 Å². The summed E-state index contributed by atoms with van der Waals surface area (Å²) in [6.07, 6.45) is 0. The molecule has 0 unspecified atom stereocenters. The monoisotopic (exact) mass is 345 g/mol. The van der Waals surface area contributed by atoms with Gasteiger partial charge in [0.25, 0.3) is 5.91 Å². The third-order valence-corrected chi connectivity index (χ3v) is 3.90. The van der Waals surface area contributed by atoms with Gasteiger partial charge in [-0.05, 0) is 42.5 Å². The van der Waals surface area contributed by atoms with E-state index in [1.807, 2.05) is 0 Å². The third kappa shape index (κ3) is 2.17. The Labute approximate surface area is 128 Å². The smallest absolute Gasteiger partial charge is 0.335 e. The molecule has 2 N–H and O–H groups in total. The van der Waals surface area contributed by atoms with Crippen LogP contribution in [0.4, 0.5) is 5.69 Å². The number of nitrogen functional groups attached to an aromatic ring is 1. The van der Waals surface area contributed by atoms with Crippen LogP contribution in [0.5, 0.6) is 0 Å². The molecule has 0 aliphatic carbocycles. The number of aromatic nitrogens is 2. The van der Waals surface area contributed by atoms with E-state index in [4.69, 9.17) is 5.73 Å². The highest BCUT2D eigenvalue weighted by Gasteiger charge is 2.18. The first-order valence-electron chi connectivity index (χ1n) is 6.26. The zero-order valence-corrected chi connectivity index (χ0v) is 12.8. The van der Waals surface area contributed by atoms with Crippen LogP contribution in [-0.4, -0.2) is 15.0 Å². The van der Waals surface area contributed by atoms with Crippen LogP contribution in [0.2, 0.25) is 0 Å². The lowest BCUT2D eigenvalue weighted by Gasteiger charge is -2.03. The van der Waals surface area contributed by atoms with E-state index in [2.05, 4.69) is 15.9 Å². The van der Waals surface area contributed by atoms with Crippen molar-refractivity contribution in [3.8, 4) is 0 Å². The summed E-state index contributed by atoms with van der Waals surface area (Å²) in [6, 6.07) is 11.9. The van der Waals surface area contributed by atoms with Crippen molar-refractivity contribution in [2.45, 2.75) is 0 Å². The van der Waals surface area contributed by atoms with Crippen molar-refractivity contribution in [3.05, 3.63) is 63.0 Å². The number of halogens is 1. The summed E-state index contributed by atoms with van der Waals surface area (Å²) in [4.78, 5) is 24.9. The maximum atomic E-state index is 12.6. The fourth-order valence-corrected chi connectivity index (χ4v) is 2.54. The summed E-state index contributed by atoms with van der Waals surface area (Å²) in [5.74, 6) is -0.372. The maximum Gasteiger partial charge on any atom is 0.335 e. The van der Waals surface area contributed by atoms with Crippen LogP contribution in [0, 0.1) is 0 Å². The molecule has 0 bridgehead atoms. The van der Waals surface area contributed by atoms with E-state index in [-0.39, 0.29) is 11.6 Å². The Morgan fingerprint density at radius 2 is 1.76 bits per heavy atom. The molecular weight excluding hydrogens is 334 g/mol. The first-order valence-corrected chi connectivity index (χ1v) is 7.05. The molecule has 1 aromatic heterocycles. The van der Waals surface area contributed by atoms with E-state index in [9.17, 15) is 9.59 Å². The molecule has 0 saturated carbocycles. The number of anilines is 1. The van der Waals surface area contributed by atoms with Crippen LogP contribution in [0.25, 0.3) is 11.0 Å². The number of benzene rings is 2. The van der Waals surface area contributed by atoms with E-state index in [0.717, 1.165) is 9.04 Å². The Kier molecular flexibility index (Phi) is 3.17. The van der Waals surface area contributed by atoms with E-state index in [1.165, 1.54) is 4.57 Å². The van der Waals surface area contributed by atoms with Gasteiger partial charge in [0.2, 0.25) is 0 Å². The number of aryl methyl sites for hydroxylation is 1. The summed E-state index contributed by atoms with van der Waals surface area (Å²) in [7, 11) is 1.63. The van der Waals surface area contributed by atoms with Crippen LogP contribution in [0.1, 0.15) is 10.4 Å². The number of carbonyl (C=O) groups excluding carboxylic acids is 1. The summed E-state index contributed by atoms with van der Waals surface area (Å²) in [6.45, 7) is 0. The van der Waals surface area contributed by atoms with E-state index in [1.54, 1.807) is 49.5 Å². The average Bonchev–Trinajstić information content (AvgIpc) is 2.70. The van der Waals surface area contributed by atoms with Crippen molar-refractivity contribution < 1.29 is 4.79 Å². The van der Waals surface area contributed by atoms with Crippen LogP contribution in [0.3, 0.4) is 0 Å². The van der Waals surface area contributed by atoms with Gasteiger partial charge in [-0.1, -0.05) is 15.9 Å². The number of carbonyl (C=O) groups is 1. The molecule has 106 valence electrons. The molecule has 2 aromatic carbocycles. The van der Waals surface area contributed by atoms with Crippen molar-refractivity contribution in [2.24, 2.45) is 7.05 Å².